The number of amides is 1. The third-order valence-corrected chi connectivity index (χ3v) is 3.87. The highest BCUT2D eigenvalue weighted by Crippen LogP contribution is 2.22. The molecule has 0 radical (unpaired) electrons. The smallest absolute Gasteiger partial charge is 0.345 e. The van der Waals surface area contributed by atoms with Gasteiger partial charge < -0.3 is 14.8 Å². The van der Waals surface area contributed by atoms with E-state index in [0.29, 0.717) is 0 Å². The van der Waals surface area contributed by atoms with Crippen molar-refractivity contribution in [2.75, 3.05) is 13.2 Å². The second kappa shape index (κ2) is 7.36. The maximum Gasteiger partial charge on any atom is 0.345 e. The Kier molecular flexibility index (Phi) is 6.77. The van der Waals surface area contributed by atoms with Gasteiger partial charge in [-0.25, -0.2) is 9.59 Å². The van der Waals surface area contributed by atoms with Gasteiger partial charge in [0.15, 0.2) is 0 Å². The Morgan fingerprint density at radius 2 is 1.52 bits per heavy atom. The second-order valence-electron chi connectivity index (χ2n) is 4.09. The lowest BCUT2D eigenvalue weighted by atomic mass is 9.95. The van der Waals surface area contributed by atoms with E-state index in [4.69, 9.17) is 0 Å². The van der Waals surface area contributed by atoms with Gasteiger partial charge in [-0.1, -0.05) is 0 Å². The molecule has 9 nitrogen and oxygen atoms in total. The molecule has 122 valence electrons. The van der Waals surface area contributed by atoms with Crippen molar-refractivity contribution < 1.29 is 36.8 Å². The summed E-state index contributed by atoms with van der Waals surface area (Å²) < 4.78 is 41.2. The number of nitrogens with one attached hydrogen (secondary N) is 1. The molecule has 21 heavy (non-hydrogen) atoms. The summed E-state index contributed by atoms with van der Waals surface area (Å²) in [6, 6.07) is 0. The molecule has 0 rings (SSSR count). The van der Waals surface area contributed by atoms with Gasteiger partial charge in [-0.05, 0) is 20.8 Å². The van der Waals surface area contributed by atoms with Crippen LogP contribution in [0.15, 0.2) is 0 Å². The molecule has 0 aliphatic rings. The molecule has 0 aliphatic carbocycles. The van der Waals surface area contributed by atoms with Gasteiger partial charge in [-0.3, -0.25) is 9.35 Å². The van der Waals surface area contributed by atoms with Crippen molar-refractivity contribution in [2.45, 2.75) is 38.5 Å². The summed E-state index contributed by atoms with van der Waals surface area (Å²) in [6.07, 6.45) is 0. The Bertz CT molecular complexity index is 494. The van der Waals surface area contributed by atoms with E-state index in [1.807, 2.05) is 5.32 Å². The van der Waals surface area contributed by atoms with E-state index in [0.717, 1.165) is 13.8 Å². The largest absolute Gasteiger partial charge is 0.464 e. The van der Waals surface area contributed by atoms with Crippen molar-refractivity contribution in [1.29, 1.82) is 0 Å². The Balaban J connectivity index is 6.14. The van der Waals surface area contributed by atoms with Crippen LogP contribution in [0.4, 0.5) is 0 Å². The highest BCUT2D eigenvalue weighted by molar-refractivity contribution is 7.86. The molecular weight excluding hydrogens is 306 g/mol. The van der Waals surface area contributed by atoms with Crippen molar-refractivity contribution >= 4 is 28.0 Å². The Morgan fingerprint density at radius 1 is 1.14 bits per heavy atom. The molecular formula is C11H19NO8S. The molecule has 0 aromatic rings. The minimum absolute atomic E-state index is 0.169. The fourth-order valence-electron chi connectivity index (χ4n) is 1.61. The van der Waals surface area contributed by atoms with Crippen LogP contribution in [-0.2, 0) is 34.0 Å². The number of esters is 2. The standard InChI is InChI=1S/C11H19NO8S/c1-5-19-9(14)11(12-8(4)13,10(15)20-6-2)7(3)21(16,17)18/h7H,5-6H2,1-4H3,(H,12,13)(H,16,17,18). The first kappa shape index (κ1) is 19.3. The van der Waals surface area contributed by atoms with Crippen LogP contribution in [0.1, 0.15) is 27.7 Å². The number of hydrogen-bond acceptors (Lipinski definition) is 7. The van der Waals surface area contributed by atoms with E-state index in [2.05, 4.69) is 9.47 Å². The molecule has 0 bridgehead atoms. The first-order valence-corrected chi connectivity index (χ1v) is 7.63. The maximum atomic E-state index is 12.1. The highest BCUT2D eigenvalue weighted by atomic mass is 32.2. The van der Waals surface area contributed by atoms with Crippen molar-refractivity contribution in [3.63, 3.8) is 0 Å². The van der Waals surface area contributed by atoms with E-state index in [-0.39, 0.29) is 13.2 Å². The Morgan fingerprint density at radius 3 is 1.76 bits per heavy atom. The molecule has 1 amide bonds. The van der Waals surface area contributed by atoms with Gasteiger partial charge in [0.1, 0.15) is 5.25 Å². The zero-order chi connectivity index (χ0) is 16.8. The Hall–Kier alpha value is -1.68. The summed E-state index contributed by atoms with van der Waals surface area (Å²) in [6.45, 7) is 4.39. The third kappa shape index (κ3) is 4.39. The second-order valence-corrected chi connectivity index (χ2v) is 5.82. The first-order chi connectivity index (χ1) is 9.53. The summed E-state index contributed by atoms with van der Waals surface area (Å²) in [5, 5.41) is -0.0518. The molecule has 0 fully saturated rings. The van der Waals surface area contributed by atoms with E-state index in [1.165, 1.54) is 13.8 Å². The molecule has 0 spiro atoms. The van der Waals surface area contributed by atoms with Crippen LogP contribution in [0.2, 0.25) is 0 Å². The number of carbonyl (C=O) groups is 3. The van der Waals surface area contributed by atoms with Gasteiger partial charge in [-0.2, -0.15) is 8.42 Å². The van der Waals surface area contributed by atoms with Crippen molar-refractivity contribution in [3.05, 3.63) is 0 Å². The van der Waals surface area contributed by atoms with Crippen LogP contribution >= 0.6 is 0 Å². The summed E-state index contributed by atoms with van der Waals surface area (Å²) in [7, 11) is -4.85. The minimum Gasteiger partial charge on any atom is -0.464 e. The lowest BCUT2D eigenvalue weighted by Gasteiger charge is -2.32. The summed E-state index contributed by atoms with van der Waals surface area (Å²) in [5.74, 6) is -3.53. The van der Waals surface area contributed by atoms with Crippen molar-refractivity contribution in [2.24, 2.45) is 0 Å². The van der Waals surface area contributed by atoms with E-state index in [1.54, 1.807) is 0 Å². The van der Waals surface area contributed by atoms with Gasteiger partial charge in [0, 0.05) is 6.92 Å². The molecule has 0 saturated heterocycles. The van der Waals surface area contributed by atoms with Gasteiger partial charge in [0.25, 0.3) is 15.7 Å². The third-order valence-electron chi connectivity index (χ3n) is 2.62. The lowest BCUT2D eigenvalue weighted by Crippen LogP contribution is -2.68. The molecule has 0 aliphatic heterocycles. The molecule has 0 aromatic carbocycles. The molecule has 1 unspecified atom stereocenters. The molecule has 1 atom stereocenters. The van der Waals surface area contributed by atoms with Crippen LogP contribution in [0, 0.1) is 0 Å². The monoisotopic (exact) mass is 325 g/mol. The average molecular weight is 325 g/mol. The predicted molar refractivity (Wildman–Crippen MR) is 70.8 cm³/mol. The number of ether oxygens (including phenoxy) is 2. The minimum atomic E-state index is -4.85. The molecule has 0 heterocycles. The van der Waals surface area contributed by atoms with Gasteiger partial charge in [-0.15, -0.1) is 0 Å². The normalized spacial score (nSPS) is 13.2. The molecule has 0 aromatic heterocycles. The molecule has 0 saturated carbocycles. The van der Waals surface area contributed by atoms with Gasteiger partial charge in [0.05, 0.1) is 13.2 Å². The number of hydrogen-bond donors (Lipinski definition) is 2. The van der Waals surface area contributed by atoms with Crippen LogP contribution in [-0.4, -0.2) is 54.8 Å². The predicted octanol–water partition coefficient (Wildman–Crippen LogP) is -0.736. The van der Waals surface area contributed by atoms with Gasteiger partial charge >= 0.3 is 11.9 Å². The van der Waals surface area contributed by atoms with E-state index >= 15 is 0 Å². The summed E-state index contributed by atoms with van der Waals surface area (Å²) in [4.78, 5) is 35.5. The lowest BCUT2D eigenvalue weighted by molar-refractivity contribution is -0.168. The van der Waals surface area contributed by atoms with Crippen LogP contribution in [0.3, 0.4) is 0 Å². The number of rotatable bonds is 7. The average Bonchev–Trinajstić information content (AvgIpc) is 2.34. The molecule has 2 N–H and O–H groups in total. The molecule has 10 heteroatoms. The maximum absolute atomic E-state index is 12.1. The zero-order valence-electron chi connectivity index (χ0n) is 12.2. The van der Waals surface area contributed by atoms with Gasteiger partial charge in [0.2, 0.25) is 5.91 Å². The topological polar surface area (TPSA) is 136 Å². The van der Waals surface area contributed by atoms with Crippen LogP contribution in [0.25, 0.3) is 0 Å². The fourth-order valence-corrected chi connectivity index (χ4v) is 2.31. The summed E-state index contributed by atoms with van der Waals surface area (Å²) >= 11 is 0. The zero-order valence-corrected chi connectivity index (χ0v) is 13.0. The highest BCUT2D eigenvalue weighted by Gasteiger charge is 2.58. The first-order valence-electron chi connectivity index (χ1n) is 6.13. The Labute approximate surface area is 122 Å². The van der Waals surface area contributed by atoms with Crippen molar-refractivity contribution in [3.8, 4) is 0 Å². The fraction of sp³-hybridized carbons (Fsp3) is 0.727. The SMILES string of the molecule is CCOC(=O)C(NC(C)=O)(C(=O)OCC)C(C)S(=O)(=O)O. The van der Waals surface area contributed by atoms with E-state index < -0.39 is 38.8 Å². The van der Waals surface area contributed by atoms with Crippen LogP contribution < -0.4 is 5.32 Å². The summed E-state index contributed by atoms with van der Waals surface area (Å²) in [5.41, 5.74) is -2.68. The van der Waals surface area contributed by atoms with Crippen LogP contribution in [0.5, 0.6) is 0 Å². The van der Waals surface area contributed by atoms with Crippen molar-refractivity contribution in [1.82, 2.24) is 5.32 Å². The van der Waals surface area contributed by atoms with E-state index in [9.17, 15) is 27.4 Å². The number of carbonyl (C=O) groups excluding carboxylic acids is 3. The quantitative estimate of drug-likeness (QED) is 0.355.